The summed E-state index contributed by atoms with van der Waals surface area (Å²) in [5, 5.41) is 7.59. The van der Waals surface area contributed by atoms with E-state index in [-0.39, 0.29) is 11.9 Å². The van der Waals surface area contributed by atoms with Gasteiger partial charge in [0.2, 0.25) is 0 Å². The van der Waals surface area contributed by atoms with Crippen LogP contribution in [-0.2, 0) is 11.8 Å². The highest BCUT2D eigenvalue weighted by atomic mass is 16.5. The van der Waals surface area contributed by atoms with E-state index in [1.807, 2.05) is 71.8 Å². The van der Waals surface area contributed by atoms with Crippen molar-refractivity contribution < 1.29 is 14.3 Å². The summed E-state index contributed by atoms with van der Waals surface area (Å²) in [6.07, 6.45) is 5.78. The highest BCUT2D eigenvalue weighted by Gasteiger charge is 2.18. The molecule has 0 radical (unpaired) electrons. The third kappa shape index (κ3) is 7.16. The smallest absolute Gasteiger partial charge is 0.252 e. The molecule has 2 aromatic carbocycles. The number of nitrogens with one attached hydrogen (secondary N) is 1. The van der Waals surface area contributed by atoms with E-state index in [0.717, 1.165) is 72.0 Å². The summed E-state index contributed by atoms with van der Waals surface area (Å²) in [5.74, 6) is 1.51. The van der Waals surface area contributed by atoms with E-state index in [0.29, 0.717) is 17.9 Å². The van der Waals surface area contributed by atoms with Gasteiger partial charge in [-0.2, -0.15) is 5.10 Å². The Labute approximate surface area is 248 Å². The first-order valence-electron chi connectivity index (χ1n) is 14.4. The van der Waals surface area contributed by atoms with Crippen LogP contribution in [0, 0.1) is 6.92 Å². The highest BCUT2D eigenvalue weighted by Crippen LogP contribution is 2.31. The number of carbonyl (C=O) groups is 1. The van der Waals surface area contributed by atoms with Crippen LogP contribution in [0.25, 0.3) is 22.3 Å². The van der Waals surface area contributed by atoms with Gasteiger partial charge >= 0.3 is 0 Å². The molecule has 0 unspecified atom stereocenters. The van der Waals surface area contributed by atoms with Gasteiger partial charge in [-0.05, 0) is 92.7 Å². The van der Waals surface area contributed by atoms with E-state index in [1.165, 1.54) is 0 Å². The fourth-order valence-corrected chi connectivity index (χ4v) is 4.98. The second-order valence-electron chi connectivity index (χ2n) is 11.1. The quantitative estimate of drug-likeness (QED) is 0.296. The topological polar surface area (TPSA) is 84.8 Å². The Morgan fingerprint density at radius 2 is 1.79 bits per heavy atom. The molecule has 9 nitrogen and oxygen atoms in total. The van der Waals surface area contributed by atoms with Gasteiger partial charge < -0.3 is 24.6 Å². The molecular weight excluding hydrogens is 528 g/mol. The van der Waals surface area contributed by atoms with Crippen LogP contribution in [-0.4, -0.2) is 79.1 Å². The van der Waals surface area contributed by atoms with E-state index in [1.54, 1.807) is 4.68 Å². The van der Waals surface area contributed by atoms with Crippen LogP contribution in [0.2, 0.25) is 0 Å². The number of likely N-dealkylation sites (N-methyl/N-ethyl adjacent to an activating group) is 1. The molecule has 0 aliphatic carbocycles. The lowest BCUT2D eigenvalue weighted by Crippen LogP contribution is -2.36. The molecule has 5 rings (SSSR count). The number of aryl methyl sites for hydroxylation is 2. The van der Waals surface area contributed by atoms with Gasteiger partial charge in [-0.25, -0.2) is 4.98 Å². The number of amides is 1. The molecule has 9 heteroatoms. The van der Waals surface area contributed by atoms with Crippen LogP contribution in [0.1, 0.15) is 34.5 Å². The van der Waals surface area contributed by atoms with Gasteiger partial charge in [-0.15, -0.1) is 0 Å². The predicted octanol–water partition coefficient (Wildman–Crippen LogP) is 4.73. The molecule has 2 aromatic heterocycles. The largest absolute Gasteiger partial charge is 0.492 e. The maximum absolute atomic E-state index is 13.5. The maximum Gasteiger partial charge on any atom is 0.252 e. The first-order valence-corrected chi connectivity index (χ1v) is 14.4. The van der Waals surface area contributed by atoms with Crippen molar-refractivity contribution in [2.45, 2.75) is 19.9 Å². The summed E-state index contributed by atoms with van der Waals surface area (Å²) < 4.78 is 13.2. The number of hydrogen-bond acceptors (Lipinski definition) is 7. The summed E-state index contributed by atoms with van der Waals surface area (Å²) in [7, 11) is 5.92. The fraction of sp³-hybridized carbons (Fsp3) is 0.364. The number of benzene rings is 2. The van der Waals surface area contributed by atoms with Gasteiger partial charge in [0.15, 0.2) is 0 Å². The SMILES string of the molecule is Cc1ccc(OCCN(C)C)cc1C(=O)N[C@H](C)c1cc(-c2ccc(N3CCOCC3)nc2)cc(-c2cnn(C)c2)c1. The van der Waals surface area contributed by atoms with Crippen LogP contribution in [0.15, 0.2) is 67.1 Å². The van der Waals surface area contributed by atoms with Crippen molar-refractivity contribution in [1.82, 2.24) is 25.0 Å². The number of ether oxygens (including phenoxy) is 2. The molecule has 1 N–H and O–H groups in total. The summed E-state index contributed by atoms with van der Waals surface area (Å²) in [4.78, 5) is 22.5. The van der Waals surface area contributed by atoms with Crippen molar-refractivity contribution in [3.63, 3.8) is 0 Å². The molecule has 1 amide bonds. The summed E-state index contributed by atoms with van der Waals surface area (Å²) in [6, 6.07) is 16.0. The monoisotopic (exact) mass is 568 g/mol. The molecule has 1 aliphatic rings. The average Bonchev–Trinajstić information content (AvgIpc) is 3.44. The van der Waals surface area contributed by atoms with Crippen LogP contribution in [0.3, 0.4) is 0 Å². The van der Waals surface area contributed by atoms with Crippen molar-refractivity contribution >= 4 is 11.7 Å². The van der Waals surface area contributed by atoms with Crippen LogP contribution < -0.4 is 15.0 Å². The van der Waals surface area contributed by atoms with Crippen molar-refractivity contribution in [2.75, 3.05) is 58.5 Å². The van der Waals surface area contributed by atoms with Gasteiger partial charge in [-0.3, -0.25) is 9.48 Å². The van der Waals surface area contributed by atoms with Gasteiger partial charge in [0.05, 0.1) is 25.5 Å². The van der Waals surface area contributed by atoms with Crippen molar-refractivity contribution in [1.29, 1.82) is 0 Å². The van der Waals surface area contributed by atoms with E-state index in [9.17, 15) is 4.79 Å². The first-order chi connectivity index (χ1) is 20.3. The Morgan fingerprint density at radius 3 is 2.45 bits per heavy atom. The molecule has 1 saturated heterocycles. The third-order valence-corrected chi connectivity index (χ3v) is 7.52. The Morgan fingerprint density at radius 1 is 1.02 bits per heavy atom. The molecule has 3 heterocycles. The van der Waals surface area contributed by atoms with Crippen molar-refractivity contribution in [3.8, 4) is 28.0 Å². The maximum atomic E-state index is 13.5. The lowest BCUT2D eigenvalue weighted by molar-refractivity contribution is 0.0938. The number of pyridine rings is 1. The number of nitrogens with zero attached hydrogens (tertiary/aromatic N) is 5. The second-order valence-corrected chi connectivity index (χ2v) is 11.1. The van der Waals surface area contributed by atoms with Crippen LogP contribution in [0.5, 0.6) is 5.75 Å². The van der Waals surface area contributed by atoms with Crippen molar-refractivity contribution in [2.24, 2.45) is 7.05 Å². The minimum Gasteiger partial charge on any atom is -0.492 e. The highest BCUT2D eigenvalue weighted by molar-refractivity contribution is 5.96. The molecule has 1 fully saturated rings. The Kier molecular flexibility index (Phi) is 9.19. The van der Waals surface area contributed by atoms with Crippen LogP contribution >= 0.6 is 0 Å². The van der Waals surface area contributed by atoms with Crippen LogP contribution in [0.4, 0.5) is 5.82 Å². The Hall–Kier alpha value is -4.21. The fourth-order valence-electron chi connectivity index (χ4n) is 4.98. The molecule has 42 heavy (non-hydrogen) atoms. The normalized spacial score (nSPS) is 14.2. The molecule has 1 aliphatic heterocycles. The first kappa shape index (κ1) is 29.3. The third-order valence-electron chi connectivity index (χ3n) is 7.52. The number of carbonyl (C=O) groups excluding carboxylic acids is 1. The summed E-state index contributed by atoms with van der Waals surface area (Å²) in [6.45, 7) is 8.43. The van der Waals surface area contributed by atoms with E-state index < -0.39 is 0 Å². The van der Waals surface area contributed by atoms with Gasteiger partial charge in [0.25, 0.3) is 5.91 Å². The van der Waals surface area contributed by atoms with Gasteiger partial charge in [-0.1, -0.05) is 6.07 Å². The minimum absolute atomic E-state index is 0.136. The number of rotatable bonds is 10. The molecule has 0 spiro atoms. The molecule has 0 bridgehead atoms. The zero-order valence-electron chi connectivity index (χ0n) is 25.1. The van der Waals surface area contributed by atoms with E-state index in [2.05, 4.69) is 50.5 Å². The molecule has 4 aromatic rings. The number of anilines is 1. The number of hydrogen-bond donors (Lipinski definition) is 1. The summed E-state index contributed by atoms with van der Waals surface area (Å²) in [5.41, 5.74) is 6.58. The molecule has 1 atom stereocenters. The average molecular weight is 569 g/mol. The Balaban J connectivity index is 1.40. The standard InChI is InChI=1S/C33H40N6O3/c1-23-6-8-30(42-15-10-37(3)4)19-31(23)33(40)36-24(2)26-16-27(18-28(17-26)29-21-35-38(5)22-29)25-7-9-32(34-20-25)39-11-13-41-14-12-39/h6-9,16-22,24H,10-15H2,1-5H3,(H,36,40)/t24-/m1/s1. The zero-order valence-corrected chi connectivity index (χ0v) is 25.1. The Bertz CT molecular complexity index is 1510. The predicted molar refractivity (Wildman–Crippen MR) is 166 cm³/mol. The lowest BCUT2D eigenvalue weighted by atomic mass is 9.95. The lowest BCUT2D eigenvalue weighted by Gasteiger charge is -2.27. The molecule has 220 valence electrons. The van der Waals surface area contributed by atoms with Gasteiger partial charge in [0.1, 0.15) is 18.2 Å². The number of aromatic nitrogens is 3. The van der Waals surface area contributed by atoms with E-state index in [4.69, 9.17) is 14.5 Å². The zero-order chi connectivity index (χ0) is 29.6. The van der Waals surface area contributed by atoms with Crippen molar-refractivity contribution in [3.05, 3.63) is 83.8 Å². The summed E-state index contributed by atoms with van der Waals surface area (Å²) >= 11 is 0. The molecule has 0 saturated carbocycles. The van der Waals surface area contributed by atoms with Gasteiger partial charge in [0, 0.05) is 55.8 Å². The second kappa shape index (κ2) is 13.2. The molecular formula is C33H40N6O3. The number of morpholine rings is 1. The van der Waals surface area contributed by atoms with E-state index >= 15 is 0 Å². The minimum atomic E-state index is -0.244.